The third-order valence-corrected chi connectivity index (χ3v) is 6.30. The Balaban J connectivity index is 1.42. The van der Waals surface area contributed by atoms with Crippen molar-refractivity contribution < 1.29 is 9.53 Å². The van der Waals surface area contributed by atoms with Crippen molar-refractivity contribution in [1.29, 1.82) is 0 Å². The zero-order valence-electron chi connectivity index (χ0n) is 19.8. The summed E-state index contributed by atoms with van der Waals surface area (Å²) in [5, 5.41) is 10.4. The average molecular weight is 481 g/mol. The average Bonchev–Trinajstić information content (AvgIpc) is 2.93. The van der Waals surface area contributed by atoms with Crippen molar-refractivity contribution in [3.05, 3.63) is 91.1 Å². The van der Waals surface area contributed by atoms with Crippen molar-refractivity contribution in [1.82, 2.24) is 15.3 Å². The lowest BCUT2D eigenvalue weighted by molar-refractivity contribution is -0.111. The Labute approximate surface area is 209 Å². The maximum atomic E-state index is 11.7. The summed E-state index contributed by atoms with van der Waals surface area (Å²) in [4.78, 5) is 21.0. The number of fused-ring (bicyclic) bond motifs is 1. The van der Waals surface area contributed by atoms with Crippen LogP contribution in [-0.2, 0) is 15.1 Å². The number of carbonyl (C=O) groups is 1. The number of nitrogens with zero attached hydrogens (tertiary/aromatic N) is 2. The van der Waals surface area contributed by atoms with Crippen molar-refractivity contribution in [2.75, 3.05) is 36.9 Å². The molecule has 5 N–H and O–H groups in total. The van der Waals surface area contributed by atoms with E-state index in [1.54, 1.807) is 6.20 Å². The van der Waals surface area contributed by atoms with E-state index >= 15 is 0 Å². The van der Waals surface area contributed by atoms with Crippen molar-refractivity contribution in [3.8, 4) is 11.1 Å². The molecule has 1 amide bonds. The first-order valence-corrected chi connectivity index (χ1v) is 11.8. The molecule has 1 atom stereocenters. The van der Waals surface area contributed by atoms with E-state index in [0.29, 0.717) is 31.3 Å². The van der Waals surface area contributed by atoms with Gasteiger partial charge in [-0.1, -0.05) is 49.0 Å². The van der Waals surface area contributed by atoms with Gasteiger partial charge in [0.2, 0.25) is 11.9 Å². The van der Waals surface area contributed by atoms with Crippen LogP contribution in [0, 0.1) is 0 Å². The fourth-order valence-electron chi connectivity index (χ4n) is 4.39. The molecule has 0 aliphatic carbocycles. The fraction of sp³-hybridized carbons (Fsp3) is 0.179. The lowest BCUT2D eigenvalue weighted by Gasteiger charge is -2.37. The molecule has 0 saturated carbocycles. The van der Waals surface area contributed by atoms with Crippen LogP contribution in [0.3, 0.4) is 0 Å². The number of rotatable bonds is 7. The lowest BCUT2D eigenvalue weighted by Crippen LogP contribution is -2.51. The Bertz CT molecular complexity index is 1400. The van der Waals surface area contributed by atoms with Gasteiger partial charge >= 0.3 is 0 Å². The molecule has 1 aliphatic heterocycles. The third kappa shape index (κ3) is 4.83. The molecule has 0 radical (unpaired) electrons. The number of morpholine rings is 1. The van der Waals surface area contributed by atoms with Gasteiger partial charge < -0.3 is 26.4 Å². The highest BCUT2D eigenvalue weighted by molar-refractivity contribution is 6.00. The number of hydrogen-bond acceptors (Lipinski definition) is 7. The van der Waals surface area contributed by atoms with Crippen LogP contribution in [-0.4, -0.2) is 42.1 Å². The monoisotopic (exact) mass is 480 g/mol. The SMILES string of the molecule is C=CC(=O)Nc1cccc(-c2cccc3cnc(Nc4ccc(C5(CN)CNCCO5)cc4)nc23)c1. The summed E-state index contributed by atoms with van der Waals surface area (Å²) >= 11 is 0. The first kappa shape index (κ1) is 23.6. The molecule has 5 rings (SSSR count). The summed E-state index contributed by atoms with van der Waals surface area (Å²) < 4.78 is 6.04. The number of hydrogen-bond donors (Lipinski definition) is 4. The molecular weight excluding hydrogens is 452 g/mol. The molecule has 1 aromatic heterocycles. The van der Waals surface area contributed by atoms with Gasteiger partial charge in [0.1, 0.15) is 5.60 Å². The lowest BCUT2D eigenvalue weighted by atomic mass is 9.92. The highest BCUT2D eigenvalue weighted by Gasteiger charge is 2.33. The smallest absolute Gasteiger partial charge is 0.247 e. The van der Waals surface area contributed by atoms with Crippen molar-refractivity contribution in [3.63, 3.8) is 0 Å². The molecule has 0 bridgehead atoms. The van der Waals surface area contributed by atoms with Crippen LogP contribution in [0.5, 0.6) is 0 Å². The van der Waals surface area contributed by atoms with Gasteiger partial charge in [-0.25, -0.2) is 9.97 Å². The molecular formula is C28H28N6O2. The quantitative estimate of drug-likeness (QED) is 0.296. The maximum Gasteiger partial charge on any atom is 0.247 e. The molecule has 2 heterocycles. The van der Waals surface area contributed by atoms with E-state index in [-0.39, 0.29) is 5.91 Å². The second-order valence-electron chi connectivity index (χ2n) is 8.64. The van der Waals surface area contributed by atoms with Gasteiger partial charge in [0.05, 0.1) is 12.1 Å². The van der Waals surface area contributed by atoms with Crippen molar-refractivity contribution in [2.24, 2.45) is 5.73 Å². The van der Waals surface area contributed by atoms with E-state index in [4.69, 9.17) is 15.5 Å². The van der Waals surface area contributed by atoms with Gasteiger partial charge in [0, 0.05) is 48.2 Å². The molecule has 36 heavy (non-hydrogen) atoms. The predicted octanol–water partition coefficient (Wildman–Crippen LogP) is 3.94. The van der Waals surface area contributed by atoms with E-state index < -0.39 is 5.60 Å². The van der Waals surface area contributed by atoms with Crippen LogP contribution in [0.25, 0.3) is 22.0 Å². The van der Waals surface area contributed by atoms with Gasteiger partial charge in [-0.3, -0.25) is 4.79 Å². The predicted molar refractivity (Wildman–Crippen MR) is 143 cm³/mol. The molecule has 1 aliphatic rings. The molecule has 8 heteroatoms. The van der Waals surface area contributed by atoms with Crippen LogP contribution in [0.4, 0.5) is 17.3 Å². The minimum Gasteiger partial charge on any atom is -0.366 e. The molecule has 1 fully saturated rings. The molecule has 1 saturated heterocycles. The van der Waals surface area contributed by atoms with Gasteiger partial charge in [-0.2, -0.15) is 0 Å². The number of amides is 1. The van der Waals surface area contributed by atoms with Gasteiger partial charge in [0.25, 0.3) is 0 Å². The summed E-state index contributed by atoms with van der Waals surface area (Å²) in [6.45, 7) is 6.06. The van der Waals surface area contributed by atoms with E-state index in [1.165, 1.54) is 6.08 Å². The standard InChI is InChI=1S/C28H28N6O2/c1-2-25(35)32-23-7-3-5-19(15-23)24-8-4-6-20-16-31-27(34-26(20)24)33-22-11-9-21(10-12-22)28(17-29)18-30-13-14-36-28/h2-12,15-16,30H,1,13-14,17-18,29H2,(H,32,35)(H,31,33,34). The number of ether oxygens (including phenoxy) is 1. The Hall–Kier alpha value is -4.11. The topological polar surface area (TPSA) is 114 Å². The van der Waals surface area contributed by atoms with E-state index in [9.17, 15) is 4.79 Å². The first-order chi connectivity index (χ1) is 17.6. The summed E-state index contributed by atoms with van der Waals surface area (Å²) in [5.74, 6) is 0.233. The van der Waals surface area contributed by atoms with E-state index in [1.807, 2.05) is 66.7 Å². The van der Waals surface area contributed by atoms with Crippen LogP contribution >= 0.6 is 0 Å². The molecule has 182 valence electrons. The summed E-state index contributed by atoms with van der Waals surface area (Å²) in [6.07, 6.45) is 3.05. The summed E-state index contributed by atoms with van der Waals surface area (Å²) in [6, 6.07) is 21.6. The number of nitrogens with one attached hydrogen (secondary N) is 3. The molecule has 4 aromatic rings. The van der Waals surface area contributed by atoms with Gasteiger partial charge in [0.15, 0.2) is 0 Å². The minimum absolute atomic E-state index is 0.256. The normalized spacial score (nSPS) is 17.5. The van der Waals surface area contributed by atoms with Crippen LogP contribution in [0.15, 0.2) is 85.6 Å². The largest absolute Gasteiger partial charge is 0.366 e. The molecule has 3 aromatic carbocycles. The van der Waals surface area contributed by atoms with Crippen molar-refractivity contribution in [2.45, 2.75) is 5.60 Å². The van der Waals surface area contributed by atoms with Crippen molar-refractivity contribution >= 4 is 34.1 Å². The van der Waals surface area contributed by atoms with Gasteiger partial charge in [-0.15, -0.1) is 0 Å². The number of benzene rings is 3. The summed E-state index contributed by atoms with van der Waals surface area (Å²) in [5.41, 5.74) is 10.8. The van der Waals surface area contributed by atoms with E-state index in [0.717, 1.165) is 39.8 Å². The second-order valence-corrected chi connectivity index (χ2v) is 8.64. The summed E-state index contributed by atoms with van der Waals surface area (Å²) in [7, 11) is 0. The van der Waals surface area contributed by atoms with Gasteiger partial charge in [-0.05, 0) is 41.5 Å². The molecule has 0 spiro atoms. The third-order valence-electron chi connectivity index (χ3n) is 6.30. The maximum absolute atomic E-state index is 11.7. The minimum atomic E-state index is -0.509. The number of anilines is 3. The van der Waals surface area contributed by atoms with Crippen LogP contribution in [0.1, 0.15) is 5.56 Å². The Morgan fingerprint density at radius 3 is 2.72 bits per heavy atom. The van der Waals surface area contributed by atoms with E-state index in [2.05, 4.69) is 27.5 Å². The molecule has 8 nitrogen and oxygen atoms in total. The number of nitrogens with two attached hydrogens (primary N) is 1. The first-order valence-electron chi connectivity index (χ1n) is 11.8. The highest BCUT2D eigenvalue weighted by Crippen LogP contribution is 2.31. The fourth-order valence-corrected chi connectivity index (χ4v) is 4.39. The number of carbonyl (C=O) groups excluding carboxylic acids is 1. The number of para-hydroxylation sites is 1. The Kier molecular flexibility index (Phi) is 6.73. The zero-order chi connectivity index (χ0) is 25.0. The zero-order valence-corrected chi connectivity index (χ0v) is 19.8. The second kappa shape index (κ2) is 10.2. The molecule has 1 unspecified atom stereocenters. The van der Waals surface area contributed by atoms with Crippen LogP contribution in [0.2, 0.25) is 0 Å². The highest BCUT2D eigenvalue weighted by atomic mass is 16.5. The van der Waals surface area contributed by atoms with Crippen LogP contribution < -0.4 is 21.7 Å². The Morgan fingerprint density at radius 2 is 1.97 bits per heavy atom. The number of aromatic nitrogens is 2. The Morgan fingerprint density at radius 1 is 1.14 bits per heavy atom.